The second kappa shape index (κ2) is 10.3. The summed E-state index contributed by atoms with van der Waals surface area (Å²) in [5, 5.41) is 7.48. The van der Waals surface area contributed by atoms with Gasteiger partial charge in [-0.25, -0.2) is 0 Å². The largest absolute Gasteiger partial charge is 0.309 e. The van der Waals surface area contributed by atoms with Crippen LogP contribution in [0.4, 0.5) is 0 Å². The molecule has 1 heterocycles. The zero-order valence-electron chi connectivity index (χ0n) is 17.0. The van der Waals surface area contributed by atoms with Gasteiger partial charge in [0.05, 0.1) is 13.1 Å². The molecule has 1 aliphatic rings. The Morgan fingerprint density at radius 2 is 1.12 bits per heavy atom. The Balaban J connectivity index is 2.93. The summed E-state index contributed by atoms with van der Waals surface area (Å²) in [6.07, 6.45) is 6.39. The molecular weight excluding hydrogens is 296 g/mol. The van der Waals surface area contributed by atoms with Crippen LogP contribution in [0.15, 0.2) is 9.98 Å². The third-order valence-corrected chi connectivity index (χ3v) is 5.56. The minimum Gasteiger partial charge on any atom is -0.309 e. The van der Waals surface area contributed by atoms with E-state index in [0.29, 0.717) is 0 Å². The van der Waals surface area contributed by atoms with Crippen LogP contribution in [0.2, 0.25) is 0 Å². The highest BCUT2D eigenvalue weighted by atomic mass is 15.0. The maximum atomic E-state index is 4.90. The molecule has 0 saturated carbocycles. The fourth-order valence-corrected chi connectivity index (χ4v) is 3.25. The molecule has 0 bridgehead atoms. The fourth-order valence-electron chi connectivity index (χ4n) is 3.25. The topological polar surface area (TPSA) is 48.8 Å². The molecule has 4 heteroatoms. The molecule has 0 aromatic carbocycles. The summed E-state index contributed by atoms with van der Waals surface area (Å²) in [7, 11) is 0. The van der Waals surface area contributed by atoms with Crippen LogP contribution >= 0.6 is 0 Å². The van der Waals surface area contributed by atoms with Gasteiger partial charge in [-0.05, 0) is 39.5 Å². The summed E-state index contributed by atoms with van der Waals surface area (Å²) in [5.74, 6) is 0. The van der Waals surface area contributed by atoms with E-state index in [9.17, 15) is 0 Å². The molecule has 0 fully saturated rings. The Bertz CT molecular complexity index is 389. The van der Waals surface area contributed by atoms with Gasteiger partial charge in [-0.3, -0.25) is 9.98 Å². The predicted molar refractivity (Wildman–Crippen MR) is 108 cm³/mol. The van der Waals surface area contributed by atoms with Gasteiger partial charge in [-0.15, -0.1) is 0 Å². The molecule has 2 unspecified atom stereocenters. The van der Waals surface area contributed by atoms with E-state index in [1.807, 2.05) is 0 Å². The molecular formula is C20H40N4. The molecule has 2 atom stereocenters. The first-order valence-electron chi connectivity index (χ1n) is 9.94. The summed E-state index contributed by atoms with van der Waals surface area (Å²) >= 11 is 0. The molecule has 24 heavy (non-hydrogen) atoms. The van der Waals surface area contributed by atoms with Crippen LogP contribution in [0.1, 0.15) is 80.1 Å². The maximum Gasteiger partial charge on any atom is 0.0513 e. The van der Waals surface area contributed by atoms with Crippen LogP contribution in [0.5, 0.6) is 0 Å². The molecule has 2 N–H and O–H groups in total. The molecule has 140 valence electrons. The van der Waals surface area contributed by atoms with Gasteiger partial charge in [-0.1, -0.05) is 27.7 Å². The van der Waals surface area contributed by atoms with Crippen molar-refractivity contribution in [2.45, 2.75) is 91.1 Å². The number of rotatable bonds is 4. The van der Waals surface area contributed by atoms with Gasteiger partial charge in [0.25, 0.3) is 0 Å². The average Bonchev–Trinajstić information content (AvgIpc) is 2.59. The van der Waals surface area contributed by atoms with Crippen molar-refractivity contribution in [2.24, 2.45) is 9.98 Å². The third kappa shape index (κ3) is 7.02. The van der Waals surface area contributed by atoms with Crippen molar-refractivity contribution in [3.8, 4) is 0 Å². The zero-order valence-corrected chi connectivity index (χ0v) is 17.0. The number of hydrogen-bond acceptors (Lipinski definition) is 4. The van der Waals surface area contributed by atoms with Gasteiger partial charge in [0.2, 0.25) is 0 Å². The first-order valence-corrected chi connectivity index (χ1v) is 9.94. The van der Waals surface area contributed by atoms with Crippen LogP contribution < -0.4 is 10.6 Å². The van der Waals surface area contributed by atoms with Crippen molar-refractivity contribution >= 4 is 11.4 Å². The van der Waals surface area contributed by atoms with Gasteiger partial charge in [0, 0.05) is 48.4 Å². The van der Waals surface area contributed by atoms with Crippen LogP contribution in [0.3, 0.4) is 0 Å². The van der Waals surface area contributed by atoms with Crippen molar-refractivity contribution < 1.29 is 0 Å². The van der Waals surface area contributed by atoms with E-state index in [2.05, 4.69) is 52.2 Å². The summed E-state index contributed by atoms with van der Waals surface area (Å²) in [5.41, 5.74) is 2.93. The molecule has 1 rings (SSSR count). The van der Waals surface area contributed by atoms with Gasteiger partial charge < -0.3 is 10.6 Å². The van der Waals surface area contributed by atoms with Gasteiger partial charge in [0.15, 0.2) is 0 Å². The molecule has 0 radical (unpaired) electrons. The Morgan fingerprint density at radius 1 is 0.750 bits per heavy atom. The predicted octanol–water partition coefficient (Wildman–Crippen LogP) is 4.00. The first-order chi connectivity index (χ1) is 11.4. The zero-order chi connectivity index (χ0) is 18.1. The normalized spacial score (nSPS) is 31.1. The molecule has 4 nitrogen and oxygen atoms in total. The lowest BCUT2D eigenvalue weighted by Gasteiger charge is -2.32. The summed E-state index contributed by atoms with van der Waals surface area (Å²) in [4.78, 5) is 9.79. The van der Waals surface area contributed by atoms with Crippen molar-refractivity contribution in [3.63, 3.8) is 0 Å². The van der Waals surface area contributed by atoms with E-state index in [-0.39, 0.29) is 11.1 Å². The Morgan fingerprint density at radius 3 is 1.42 bits per heavy atom. The average molecular weight is 337 g/mol. The lowest BCUT2D eigenvalue weighted by molar-refractivity contribution is 0.350. The number of nitrogens with one attached hydrogen (secondary N) is 2. The van der Waals surface area contributed by atoms with E-state index < -0.39 is 0 Å². The van der Waals surface area contributed by atoms with Crippen LogP contribution in [0.25, 0.3) is 0 Å². The Hall–Kier alpha value is -0.740. The first kappa shape index (κ1) is 21.3. The van der Waals surface area contributed by atoms with Crippen molar-refractivity contribution in [2.75, 3.05) is 26.2 Å². The highest BCUT2D eigenvalue weighted by molar-refractivity contribution is 5.85. The summed E-state index contributed by atoms with van der Waals surface area (Å²) < 4.78 is 0. The highest BCUT2D eigenvalue weighted by Crippen LogP contribution is 2.18. The Labute approximate surface area is 150 Å². The van der Waals surface area contributed by atoms with Gasteiger partial charge in [0.1, 0.15) is 0 Å². The minimum absolute atomic E-state index is 0.131. The van der Waals surface area contributed by atoms with Crippen LogP contribution in [-0.4, -0.2) is 48.7 Å². The van der Waals surface area contributed by atoms with Gasteiger partial charge in [-0.2, -0.15) is 0 Å². The monoisotopic (exact) mass is 336 g/mol. The van der Waals surface area contributed by atoms with E-state index in [0.717, 1.165) is 64.7 Å². The SMILES string of the molecule is CCC1=NCCNC(C)(CC)CC(CC)=NCCNC(C)(CC)C1. The molecule has 0 aromatic heterocycles. The van der Waals surface area contributed by atoms with Crippen molar-refractivity contribution in [1.82, 2.24) is 10.6 Å². The summed E-state index contributed by atoms with van der Waals surface area (Å²) in [6.45, 7) is 17.2. The maximum absolute atomic E-state index is 4.90. The third-order valence-electron chi connectivity index (χ3n) is 5.56. The molecule has 0 spiro atoms. The quantitative estimate of drug-likeness (QED) is 0.815. The number of hydrogen-bond donors (Lipinski definition) is 2. The van der Waals surface area contributed by atoms with Crippen LogP contribution in [0, 0.1) is 0 Å². The second-order valence-electron chi connectivity index (χ2n) is 7.64. The lowest BCUT2D eigenvalue weighted by Crippen LogP contribution is -2.46. The van der Waals surface area contributed by atoms with Crippen molar-refractivity contribution in [1.29, 1.82) is 0 Å². The van der Waals surface area contributed by atoms with Crippen molar-refractivity contribution in [3.05, 3.63) is 0 Å². The van der Waals surface area contributed by atoms with E-state index in [1.54, 1.807) is 0 Å². The Kier molecular flexibility index (Phi) is 9.14. The molecule has 0 amide bonds. The minimum atomic E-state index is 0.131. The van der Waals surface area contributed by atoms with E-state index in [1.165, 1.54) is 11.4 Å². The van der Waals surface area contributed by atoms with Gasteiger partial charge >= 0.3 is 0 Å². The van der Waals surface area contributed by atoms with E-state index in [4.69, 9.17) is 9.98 Å². The van der Waals surface area contributed by atoms with E-state index >= 15 is 0 Å². The number of aliphatic imine (C=N–C) groups is 2. The molecule has 0 saturated heterocycles. The summed E-state index contributed by atoms with van der Waals surface area (Å²) in [6, 6.07) is 0. The molecule has 0 aromatic rings. The lowest BCUT2D eigenvalue weighted by atomic mass is 9.90. The smallest absolute Gasteiger partial charge is 0.0513 e. The number of nitrogens with zero attached hydrogens (tertiary/aromatic N) is 2. The standard InChI is InChI=1S/C20H40N4/c1-7-17-15-19(5,9-3)23-14-12-22-18(8-2)16-20(6,10-4)24-13-11-21-17/h23-24H,7-16H2,1-6H3. The van der Waals surface area contributed by atoms with Crippen LogP contribution in [-0.2, 0) is 0 Å². The molecule has 1 aliphatic heterocycles. The second-order valence-corrected chi connectivity index (χ2v) is 7.64. The molecule has 0 aliphatic carbocycles. The highest BCUT2D eigenvalue weighted by Gasteiger charge is 2.25. The fraction of sp³-hybridized carbons (Fsp3) is 0.900.